The molecular weight excluding hydrogens is 445 g/mol. The van der Waals surface area contributed by atoms with Crippen molar-refractivity contribution in [3.63, 3.8) is 0 Å². The van der Waals surface area contributed by atoms with Crippen molar-refractivity contribution in [3.8, 4) is 0 Å². The van der Waals surface area contributed by atoms with Crippen molar-refractivity contribution in [2.24, 2.45) is 0 Å². The maximum atomic E-state index is 13.3. The predicted molar refractivity (Wildman–Crippen MR) is 121 cm³/mol. The third-order valence-electron chi connectivity index (χ3n) is 6.93. The molecule has 2 heterocycles. The van der Waals surface area contributed by atoms with Gasteiger partial charge in [-0.2, -0.15) is 13.2 Å². The van der Waals surface area contributed by atoms with Crippen LogP contribution >= 0.6 is 0 Å². The molecule has 0 aromatic heterocycles. The Morgan fingerprint density at radius 1 is 1.06 bits per heavy atom. The summed E-state index contributed by atoms with van der Waals surface area (Å²) in [4.78, 5) is 27.6. The number of amides is 2. The molecule has 2 fully saturated rings. The molecule has 2 aliphatic heterocycles. The first-order valence-electron chi connectivity index (χ1n) is 11.7. The summed E-state index contributed by atoms with van der Waals surface area (Å²) in [5.74, 6) is -0.348. The van der Waals surface area contributed by atoms with Crippen LogP contribution in [0, 0.1) is 0 Å². The summed E-state index contributed by atoms with van der Waals surface area (Å²) in [5.41, 5.74) is 0.0985. The summed E-state index contributed by atoms with van der Waals surface area (Å²) in [6.45, 7) is 1.55. The predicted octanol–water partition coefficient (Wildman–Crippen LogP) is 4.10. The van der Waals surface area contributed by atoms with Gasteiger partial charge in [0.05, 0.1) is 12.0 Å². The molecule has 2 aromatic carbocycles. The van der Waals surface area contributed by atoms with E-state index in [1.165, 1.54) is 12.1 Å². The van der Waals surface area contributed by atoms with Gasteiger partial charge in [0.2, 0.25) is 11.8 Å². The van der Waals surface area contributed by atoms with Gasteiger partial charge in [-0.1, -0.05) is 48.5 Å². The molecule has 0 aliphatic carbocycles. The maximum absolute atomic E-state index is 13.3. The summed E-state index contributed by atoms with van der Waals surface area (Å²) in [7, 11) is 0. The van der Waals surface area contributed by atoms with Crippen molar-refractivity contribution in [1.82, 2.24) is 10.2 Å². The molecule has 0 spiro atoms. The highest BCUT2D eigenvalue weighted by molar-refractivity contribution is 5.89. The van der Waals surface area contributed by atoms with Crippen molar-refractivity contribution in [2.45, 2.75) is 49.7 Å². The van der Waals surface area contributed by atoms with Crippen molar-refractivity contribution in [3.05, 3.63) is 71.3 Å². The fourth-order valence-corrected chi connectivity index (χ4v) is 4.94. The van der Waals surface area contributed by atoms with Gasteiger partial charge in [0.25, 0.3) is 0 Å². The number of likely N-dealkylation sites (tertiary alicyclic amines) is 1. The molecule has 2 aliphatic rings. The molecule has 1 N–H and O–H groups in total. The minimum Gasteiger partial charge on any atom is -0.381 e. The topological polar surface area (TPSA) is 58.6 Å². The van der Waals surface area contributed by atoms with Gasteiger partial charge in [-0.25, -0.2) is 0 Å². The standard InChI is InChI=1S/C26H29F3N2O3/c27-26(28,29)21-9-4-8-20(17-21)25(11-14-34-15-12-25)18-30-24(33)22-10-5-13-31(22)23(32)16-19-6-2-1-3-7-19/h1-4,6-9,17,22H,5,10-16,18H2,(H,30,33). The van der Waals surface area contributed by atoms with Gasteiger partial charge in [-0.3, -0.25) is 9.59 Å². The summed E-state index contributed by atoms with van der Waals surface area (Å²) in [5, 5.41) is 2.97. The van der Waals surface area contributed by atoms with Gasteiger partial charge in [-0.15, -0.1) is 0 Å². The smallest absolute Gasteiger partial charge is 0.381 e. The van der Waals surface area contributed by atoms with Crippen LogP contribution in [0.5, 0.6) is 0 Å². The molecule has 34 heavy (non-hydrogen) atoms. The number of rotatable bonds is 6. The SMILES string of the molecule is O=C(NCC1(c2cccc(C(F)(F)F)c2)CCOCC1)C1CCCN1C(=O)Cc1ccccc1. The lowest BCUT2D eigenvalue weighted by molar-refractivity contribution is -0.138. The molecule has 182 valence electrons. The third kappa shape index (κ3) is 5.43. The van der Waals surface area contributed by atoms with Crippen LogP contribution in [0.25, 0.3) is 0 Å². The molecular formula is C26H29F3N2O3. The van der Waals surface area contributed by atoms with E-state index < -0.39 is 23.2 Å². The number of carbonyl (C=O) groups is 2. The van der Waals surface area contributed by atoms with E-state index in [1.807, 2.05) is 30.3 Å². The second kappa shape index (κ2) is 10.2. The Bertz CT molecular complexity index is 1000. The van der Waals surface area contributed by atoms with E-state index in [1.54, 1.807) is 11.0 Å². The highest BCUT2D eigenvalue weighted by atomic mass is 19.4. The number of nitrogens with zero attached hydrogens (tertiary/aromatic N) is 1. The van der Waals surface area contributed by atoms with E-state index in [4.69, 9.17) is 4.74 Å². The lowest BCUT2D eigenvalue weighted by Gasteiger charge is -2.38. The van der Waals surface area contributed by atoms with Crippen LogP contribution < -0.4 is 5.32 Å². The monoisotopic (exact) mass is 474 g/mol. The van der Waals surface area contributed by atoms with E-state index in [0.717, 1.165) is 18.1 Å². The van der Waals surface area contributed by atoms with Crippen LogP contribution in [0.1, 0.15) is 42.4 Å². The Balaban J connectivity index is 1.46. The first kappa shape index (κ1) is 24.3. The highest BCUT2D eigenvalue weighted by Gasteiger charge is 2.39. The summed E-state index contributed by atoms with van der Waals surface area (Å²) >= 11 is 0. The molecule has 0 bridgehead atoms. The van der Waals surface area contributed by atoms with E-state index in [0.29, 0.717) is 44.6 Å². The number of benzene rings is 2. The quantitative estimate of drug-likeness (QED) is 0.686. The van der Waals surface area contributed by atoms with Crippen LogP contribution in [-0.4, -0.2) is 49.1 Å². The fraction of sp³-hybridized carbons (Fsp3) is 0.462. The summed E-state index contributed by atoms with van der Waals surface area (Å²) in [6, 6.07) is 14.2. The number of halogens is 3. The van der Waals surface area contributed by atoms with Crippen LogP contribution in [0.3, 0.4) is 0 Å². The van der Waals surface area contributed by atoms with Crippen LogP contribution in [0.15, 0.2) is 54.6 Å². The zero-order chi connectivity index (χ0) is 24.2. The van der Waals surface area contributed by atoms with Crippen molar-refractivity contribution < 1.29 is 27.5 Å². The Morgan fingerprint density at radius 3 is 2.50 bits per heavy atom. The molecule has 8 heteroatoms. The molecule has 1 atom stereocenters. The number of alkyl halides is 3. The molecule has 0 radical (unpaired) electrons. The number of ether oxygens (including phenoxy) is 1. The lowest BCUT2D eigenvalue weighted by Crippen LogP contribution is -2.51. The Morgan fingerprint density at radius 2 is 1.79 bits per heavy atom. The van der Waals surface area contributed by atoms with Crippen molar-refractivity contribution in [2.75, 3.05) is 26.3 Å². The van der Waals surface area contributed by atoms with Gasteiger partial charge in [0.1, 0.15) is 6.04 Å². The van der Waals surface area contributed by atoms with Gasteiger partial charge >= 0.3 is 6.18 Å². The molecule has 2 aromatic rings. The van der Waals surface area contributed by atoms with Gasteiger partial charge in [-0.05, 0) is 42.9 Å². The first-order valence-corrected chi connectivity index (χ1v) is 11.7. The van der Waals surface area contributed by atoms with Gasteiger partial charge < -0.3 is 15.0 Å². The van der Waals surface area contributed by atoms with E-state index in [-0.39, 0.29) is 24.8 Å². The van der Waals surface area contributed by atoms with Crippen molar-refractivity contribution >= 4 is 11.8 Å². The number of carbonyl (C=O) groups excluding carboxylic acids is 2. The highest BCUT2D eigenvalue weighted by Crippen LogP contribution is 2.38. The Kier molecular flexibility index (Phi) is 7.26. The Hall–Kier alpha value is -2.87. The second-order valence-electron chi connectivity index (χ2n) is 9.10. The molecule has 5 nitrogen and oxygen atoms in total. The fourth-order valence-electron chi connectivity index (χ4n) is 4.94. The van der Waals surface area contributed by atoms with Gasteiger partial charge in [0, 0.05) is 31.7 Å². The third-order valence-corrected chi connectivity index (χ3v) is 6.93. The van der Waals surface area contributed by atoms with E-state index in [9.17, 15) is 22.8 Å². The Labute approximate surface area is 197 Å². The molecule has 2 saturated heterocycles. The average molecular weight is 475 g/mol. The molecule has 0 saturated carbocycles. The molecule has 4 rings (SSSR count). The number of hydrogen-bond acceptors (Lipinski definition) is 3. The first-order chi connectivity index (χ1) is 16.3. The maximum Gasteiger partial charge on any atom is 0.416 e. The number of nitrogens with one attached hydrogen (secondary N) is 1. The van der Waals surface area contributed by atoms with Crippen LogP contribution in [-0.2, 0) is 32.3 Å². The minimum atomic E-state index is -4.44. The molecule has 1 unspecified atom stereocenters. The minimum absolute atomic E-state index is 0.0949. The zero-order valence-electron chi connectivity index (χ0n) is 18.9. The second-order valence-corrected chi connectivity index (χ2v) is 9.10. The largest absolute Gasteiger partial charge is 0.416 e. The normalized spacial score (nSPS) is 20.2. The summed E-state index contributed by atoms with van der Waals surface area (Å²) < 4.78 is 45.4. The van der Waals surface area contributed by atoms with Crippen molar-refractivity contribution in [1.29, 1.82) is 0 Å². The average Bonchev–Trinajstić information content (AvgIpc) is 3.34. The molecule has 2 amide bonds. The van der Waals surface area contributed by atoms with Crippen LogP contribution in [0.4, 0.5) is 13.2 Å². The van der Waals surface area contributed by atoms with E-state index >= 15 is 0 Å². The zero-order valence-corrected chi connectivity index (χ0v) is 18.9. The van der Waals surface area contributed by atoms with Crippen LogP contribution in [0.2, 0.25) is 0 Å². The number of hydrogen-bond donors (Lipinski definition) is 1. The lowest BCUT2D eigenvalue weighted by atomic mass is 9.73. The van der Waals surface area contributed by atoms with Gasteiger partial charge in [0.15, 0.2) is 0 Å². The van der Waals surface area contributed by atoms with E-state index in [2.05, 4.69) is 5.32 Å². The summed E-state index contributed by atoms with van der Waals surface area (Å²) in [6.07, 6.45) is -1.87.